The van der Waals surface area contributed by atoms with Crippen LogP contribution in [0.1, 0.15) is 73.2 Å². The lowest BCUT2D eigenvalue weighted by atomic mass is 9.50. The monoisotopic (exact) mass is 445 g/mol. The molecule has 0 aromatic heterocycles. The molecule has 0 unspecified atom stereocenters. The Morgan fingerprint density at radius 3 is 2.31 bits per heavy atom. The molecule has 32 heavy (non-hydrogen) atoms. The van der Waals surface area contributed by atoms with E-state index >= 15 is 0 Å². The van der Waals surface area contributed by atoms with Crippen LogP contribution in [0.5, 0.6) is 5.75 Å². The number of benzene rings is 1. The Morgan fingerprint density at radius 1 is 1.16 bits per heavy atom. The number of halogens is 1. The summed E-state index contributed by atoms with van der Waals surface area (Å²) in [6, 6.07) is 1.65. The number of aliphatic carboxylic acids is 1. The van der Waals surface area contributed by atoms with Crippen molar-refractivity contribution >= 4 is 11.9 Å². The lowest BCUT2D eigenvalue weighted by Crippen LogP contribution is -2.48. The maximum Gasteiger partial charge on any atom is 0.328 e. The van der Waals surface area contributed by atoms with Gasteiger partial charge in [0.15, 0.2) is 6.04 Å². The molecule has 6 rings (SSSR count). The number of amides is 1. The highest BCUT2D eigenvalue weighted by Crippen LogP contribution is 2.60. The van der Waals surface area contributed by atoms with Crippen LogP contribution in [-0.4, -0.2) is 43.3 Å². The van der Waals surface area contributed by atoms with Crippen LogP contribution in [0.2, 0.25) is 0 Å². The average molecular weight is 446 g/mol. The normalized spacial score (nSPS) is 31.4. The molecule has 7 heteroatoms. The quantitative estimate of drug-likeness (QED) is 0.597. The Morgan fingerprint density at radius 2 is 1.78 bits per heavy atom. The summed E-state index contributed by atoms with van der Waals surface area (Å²) in [5, 5.41) is 11.6. The fourth-order valence-corrected chi connectivity index (χ4v) is 6.86. The van der Waals surface area contributed by atoms with E-state index in [4.69, 9.17) is 9.47 Å². The van der Waals surface area contributed by atoms with Crippen LogP contribution < -0.4 is 10.1 Å². The van der Waals surface area contributed by atoms with Gasteiger partial charge in [-0.15, -0.1) is 0 Å². The van der Waals surface area contributed by atoms with Gasteiger partial charge in [0.05, 0.1) is 18.8 Å². The fraction of sp³-hybridized carbons (Fsp3) is 0.680. The summed E-state index contributed by atoms with van der Waals surface area (Å²) in [5.74, 6) is 0.625. The second-order valence-electron chi connectivity index (χ2n) is 10.7. The van der Waals surface area contributed by atoms with Gasteiger partial charge in [-0.2, -0.15) is 0 Å². The number of ether oxygens (including phenoxy) is 2. The van der Waals surface area contributed by atoms with Crippen LogP contribution in [0.3, 0.4) is 0 Å². The van der Waals surface area contributed by atoms with Crippen LogP contribution in [0.4, 0.5) is 4.39 Å². The molecule has 0 saturated heterocycles. The standard InChI is InChI=1S/C25H32FNO5/c1-31-12-21(24(29)30)27-23(28)19-7-18(17-2-3-17)22(8-20(19)26)32-13-25-9-14-4-15(10-25)6-16(5-14)11-25/h7-8,14-17,21H,2-6,9-13H2,1H3,(H,27,28)(H,29,30)/t14?,15?,16?,21-,25?/m0/s1. The predicted octanol–water partition coefficient (Wildman–Crippen LogP) is 4.13. The molecule has 5 aliphatic rings. The smallest absolute Gasteiger partial charge is 0.328 e. The van der Waals surface area contributed by atoms with Crippen molar-refractivity contribution in [2.45, 2.75) is 63.3 Å². The average Bonchev–Trinajstić information content (AvgIpc) is 3.56. The van der Waals surface area contributed by atoms with E-state index in [1.54, 1.807) is 6.07 Å². The summed E-state index contributed by atoms with van der Waals surface area (Å²) in [6.45, 7) is 0.431. The molecule has 5 fully saturated rings. The maximum absolute atomic E-state index is 15.0. The highest BCUT2D eigenvalue weighted by atomic mass is 19.1. The molecule has 2 N–H and O–H groups in total. The topological polar surface area (TPSA) is 84.9 Å². The second kappa shape index (κ2) is 8.32. The zero-order valence-corrected chi connectivity index (χ0v) is 18.6. The zero-order chi connectivity index (χ0) is 22.5. The zero-order valence-electron chi connectivity index (χ0n) is 18.6. The van der Waals surface area contributed by atoms with Gasteiger partial charge in [-0.05, 0) is 86.7 Å². The number of methoxy groups -OCH3 is 1. The third-order valence-electron chi connectivity index (χ3n) is 8.00. The van der Waals surface area contributed by atoms with E-state index in [1.807, 2.05) is 0 Å². The maximum atomic E-state index is 15.0. The first-order valence-corrected chi connectivity index (χ1v) is 11.8. The molecule has 1 atom stereocenters. The molecule has 5 saturated carbocycles. The Kier molecular flexibility index (Phi) is 5.64. The number of carbonyl (C=O) groups excluding carboxylic acids is 1. The van der Waals surface area contributed by atoms with Crippen molar-refractivity contribution in [2.75, 3.05) is 20.3 Å². The molecule has 174 valence electrons. The minimum atomic E-state index is -1.23. The van der Waals surface area contributed by atoms with E-state index in [9.17, 15) is 19.1 Å². The molecule has 0 aliphatic heterocycles. The Balaban J connectivity index is 1.33. The van der Waals surface area contributed by atoms with Gasteiger partial charge >= 0.3 is 5.97 Å². The Bertz CT molecular complexity index is 877. The number of rotatable bonds is 9. The minimum Gasteiger partial charge on any atom is -0.493 e. The Hall–Kier alpha value is -2.15. The number of hydrogen-bond acceptors (Lipinski definition) is 4. The lowest BCUT2D eigenvalue weighted by molar-refractivity contribution is -0.140. The first-order valence-electron chi connectivity index (χ1n) is 11.8. The van der Waals surface area contributed by atoms with Gasteiger partial charge in [0.2, 0.25) is 0 Å². The second-order valence-corrected chi connectivity index (χ2v) is 10.7. The molecular formula is C25H32FNO5. The van der Waals surface area contributed by atoms with Crippen molar-refractivity contribution in [3.63, 3.8) is 0 Å². The van der Waals surface area contributed by atoms with E-state index in [2.05, 4.69) is 5.32 Å². The number of carboxylic acid groups (broad SMARTS) is 1. The SMILES string of the molecule is COC[C@H](NC(=O)c1cc(C2CC2)c(OCC23CC4CC(CC(C4)C2)C3)cc1F)C(=O)O. The van der Waals surface area contributed by atoms with E-state index in [-0.39, 0.29) is 23.5 Å². The molecule has 5 aliphatic carbocycles. The summed E-state index contributed by atoms with van der Waals surface area (Å²) in [6.07, 6.45) is 9.73. The van der Waals surface area contributed by atoms with Crippen molar-refractivity contribution in [3.8, 4) is 5.75 Å². The molecule has 1 aromatic rings. The molecular weight excluding hydrogens is 413 g/mol. The first kappa shape index (κ1) is 21.7. The summed E-state index contributed by atoms with van der Waals surface area (Å²) in [7, 11) is 1.35. The third-order valence-corrected chi connectivity index (χ3v) is 8.00. The van der Waals surface area contributed by atoms with Gasteiger partial charge in [-0.25, -0.2) is 9.18 Å². The van der Waals surface area contributed by atoms with Crippen LogP contribution in [0.15, 0.2) is 12.1 Å². The number of hydrogen-bond donors (Lipinski definition) is 2. The van der Waals surface area contributed by atoms with Crippen molar-refractivity contribution in [3.05, 3.63) is 29.1 Å². The van der Waals surface area contributed by atoms with Gasteiger partial charge in [0.1, 0.15) is 11.6 Å². The highest BCUT2D eigenvalue weighted by molar-refractivity contribution is 5.97. The summed E-state index contributed by atoms with van der Waals surface area (Å²) in [5.41, 5.74) is 0.938. The van der Waals surface area contributed by atoms with E-state index in [1.165, 1.54) is 51.7 Å². The van der Waals surface area contributed by atoms with E-state index in [0.29, 0.717) is 12.4 Å². The Labute approximate surface area is 187 Å². The number of carboxylic acids is 1. The predicted molar refractivity (Wildman–Crippen MR) is 115 cm³/mol. The highest BCUT2D eigenvalue weighted by Gasteiger charge is 2.51. The van der Waals surface area contributed by atoms with Gasteiger partial charge in [0, 0.05) is 18.6 Å². The van der Waals surface area contributed by atoms with E-state index in [0.717, 1.165) is 36.2 Å². The molecule has 0 spiro atoms. The van der Waals surface area contributed by atoms with Crippen molar-refractivity contribution in [1.29, 1.82) is 0 Å². The van der Waals surface area contributed by atoms with Gasteiger partial charge in [-0.3, -0.25) is 4.79 Å². The van der Waals surface area contributed by atoms with Crippen molar-refractivity contribution in [2.24, 2.45) is 23.2 Å². The minimum absolute atomic E-state index is 0.142. The fourth-order valence-electron chi connectivity index (χ4n) is 6.86. The molecule has 6 nitrogen and oxygen atoms in total. The van der Waals surface area contributed by atoms with Gasteiger partial charge in [-0.1, -0.05) is 0 Å². The molecule has 0 radical (unpaired) electrons. The third kappa shape index (κ3) is 4.24. The van der Waals surface area contributed by atoms with Crippen LogP contribution in [0, 0.1) is 29.0 Å². The lowest BCUT2D eigenvalue weighted by Gasteiger charge is -2.56. The van der Waals surface area contributed by atoms with Gasteiger partial charge < -0.3 is 19.9 Å². The van der Waals surface area contributed by atoms with Crippen LogP contribution >= 0.6 is 0 Å². The summed E-state index contributed by atoms with van der Waals surface area (Å²) < 4.78 is 26.1. The number of nitrogens with one attached hydrogen (secondary N) is 1. The molecule has 0 heterocycles. The van der Waals surface area contributed by atoms with Crippen LogP contribution in [-0.2, 0) is 9.53 Å². The van der Waals surface area contributed by atoms with Crippen molar-refractivity contribution in [1.82, 2.24) is 5.32 Å². The number of carbonyl (C=O) groups is 2. The molecule has 4 bridgehead atoms. The first-order chi connectivity index (χ1) is 15.4. The molecule has 1 aromatic carbocycles. The largest absolute Gasteiger partial charge is 0.493 e. The summed E-state index contributed by atoms with van der Waals surface area (Å²) >= 11 is 0. The van der Waals surface area contributed by atoms with Crippen molar-refractivity contribution < 1.29 is 28.6 Å². The summed E-state index contributed by atoms with van der Waals surface area (Å²) in [4.78, 5) is 24.0. The van der Waals surface area contributed by atoms with Gasteiger partial charge in [0.25, 0.3) is 5.91 Å². The molecule has 1 amide bonds. The van der Waals surface area contributed by atoms with Crippen LogP contribution in [0.25, 0.3) is 0 Å². The van der Waals surface area contributed by atoms with E-state index < -0.39 is 23.7 Å².